The van der Waals surface area contributed by atoms with Crippen LogP contribution in [0.25, 0.3) is 0 Å². The molecule has 0 fully saturated rings. The van der Waals surface area contributed by atoms with E-state index in [-0.39, 0.29) is 5.91 Å². The number of hydrogen-bond acceptors (Lipinski definition) is 6. The summed E-state index contributed by atoms with van der Waals surface area (Å²) in [5.41, 5.74) is 3.64. The Hall–Kier alpha value is -3.22. The van der Waals surface area contributed by atoms with Gasteiger partial charge in [0.2, 0.25) is 0 Å². The standard InChI is InChI=1S/C20H24N2O5/c1-5-8-27-19-9-14(6-7-18(19)26-4)13-21-22-20(23)15-10-16(24-2)12-17(11-15)25-3/h6-7,9-13H,5,8H2,1-4H3,(H,22,23)/b21-13-. The summed E-state index contributed by atoms with van der Waals surface area (Å²) in [6.07, 6.45) is 2.43. The highest BCUT2D eigenvalue weighted by Crippen LogP contribution is 2.27. The molecule has 7 nitrogen and oxygen atoms in total. The fraction of sp³-hybridized carbons (Fsp3) is 0.300. The SMILES string of the molecule is CCCOc1cc(/C=N\NC(=O)c2cc(OC)cc(OC)c2)ccc1OC. The van der Waals surface area contributed by atoms with E-state index in [2.05, 4.69) is 10.5 Å². The number of ether oxygens (including phenoxy) is 4. The molecule has 0 aliphatic rings. The van der Waals surface area contributed by atoms with E-state index < -0.39 is 0 Å². The lowest BCUT2D eigenvalue weighted by atomic mass is 10.2. The highest BCUT2D eigenvalue weighted by atomic mass is 16.5. The van der Waals surface area contributed by atoms with Gasteiger partial charge in [-0.2, -0.15) is 5.10 Å². The zero-order chi connectivity index (χ0) is 19.6. The molecule has 0 bridgehead atoms. The van der Waals surface area contributed by atoms with Crippen molar-refractivity contribution in [1.82, 2.24) is 5.43 Å². The van der Waals surface area contributed by atoms with Crippen LogP contribution >= 0.6 is 0 Å². The van der Waals surface area contributed by atoms with Gasteiger partial charge in [-0.1, -0.05) is 6.92 Å². The predicted molar refractivity (Wildman–Crippen MR) is 103 cm³/mol. The van der Waals surface area contributed by atoms with E-state index in [1.807, 2.05) is 13.0 Å². The van der Waals surface area contributed by atoms with Crippen LogP contribution in [0.4, 0.5) is 0 Å². The minimum Gasteiger partial charge on any atom is -0.497 e. The number of nitrogens with one attached hydrogen (secondary N) is 1. The maximum atomic E-state index is 12.3. The molecule has 27 heavy (non-hydrogen) atoms. The van der Waals surface area contributed by atoms with Crippen molar-refractivity contribution in [1.29, 1.82) is 0 Å². The molecule has 0 aromatic heterocycles. The lowest BCUT2D eigenvalue weighted by molar-refractivity contribution is 0.0954. The molecule has 0 unspecified atom stereocenters. The Balaban J connectivity index is 2.09. The van der Waals surface area contributed by atoms with Gasteiger partial charge in [0.1, 0.15) is 11.5 Å². The van der Waals surface area contributed by atoms with Crippen LogP contribution in [0.15, 0.2) is 41.5 Å². The average molecular weight is 372 g/mol. The van der Waals surface area contributed by atoms with Crippen LogP contribution in [0, 0.1) is 0 Å². The number of nitrogens with zero attached hydrogens (tertiary/aromatic N) is 1. The minimum absolute atomic E-state index is 0.376. The number of rotatable bonds is 9. The Bertz CT molecular complexity index is 783. The number of methoxy groups -OCH3 is 3. The molecular weight excluding hydrogens is 348 g/mol. The molecule has 7 heteroatoms. The van der Waals surface area contributed by atoms with Gasteiger partial charge in [0.05, 0.1) is 34.2 Å². The van der Waals surface area contributed by atoms with Gasteiger partial charge in [0.15, 0.2) is 11.5 Å². The van der Waals surface area contributed by atoms with Crippen molar-refractivity contribution in [3.8, 4) is 23.0 Å². The Morgan fingerprint density at radius 3 is 2.30 bits per heavy atom. The van der Waals surface area contributed by atoms with E-state index in [1.54, 1.807) is 37.4 Å². The van der Waals surface area contributed by atoms with Crippen molar-refractivity contribution in [2.24, 2.45) is 5.10 Å². The predicted octanol–water partition coefficient (Wildman–Crippen LogP) is 3.27. The summed E-state index contributed by atoms with van der Waals surface area (Å²) < 4.78 is 21.3. The van der Waals surface area contributed by atoms with Gasteiger partial charge >= 0.3 is 0 Å². The molecule has 0 atom stereocenters. The molecule has 0 saturated carbocycles. The second-order valence-corrected chi connectivity index (χ2v) is 5.56. The number of hydrazone groups is 1. The quantitative estimate of drug-likeness (QED) is 0.540. The maximum Gasteiger partial charge on any atom is 0.271 e. The Morgan fingerprint density at radius 2 is 1.70 bits per heavy atom. The largest absolute Gasteiger partial charge is 0.497 e. The summed E-state index contributed by atoms with van der Waals surface area (Å²) in [7, 11) is 4.64. The molecule has 0 heterocycles. The normalized spacial score (nSPS) is 10.5. The molecule has 0 spiro atoms. The molecule has 2 aromatic carbocycles. The van der Waals surface area contributed by atoms with Crippen LogP contribution in [-0.2, 0) is 0 Å². The van der Waals surface area contributed by atoms with E-state index >= 15 is 0 Å². The summed E-state index contributed by atoms with van der Waals surface area (Å²) in [5, 5.41) is 4.00. The number of carbonyl (C=O) groups is 1. The number of amides is 1. The van der Waals surface area contributed by atoms with Gasteiger partial charge in [0, 0.05) is 11.6 Å². The zero-order valence-corrected chi connectivity index (χ0v) is 15.9. The van der Waals surface area contributed by atoms with E-state index in [1.165, 1.54) is 20.4 Å². The summed E-state index contributed by atoms with van der Waals surface area (Å²) in [6.45, 7) is 2.62. The van der Waals surface area contributed by atoms with Crippen molar-refractivity contribution < 1.29 is 23.7 Å². The second kappa shape index (κ2) is 10.1. The summed E-state index contributed by atoms with van der Waals surface area (Å²) in [5.74, 6) is 1.95. The third-order valence-corrected chi connectivity index (χ3v) is 3.64. The first kappa shape index (κ1) is 20.1. The number of benzene rings is 2. The molecule has 1 N–H and O–H groups in total. The summed E-state index contributed by atoms with van der Waals surface area (Å²) in [4.78, 5) is 12.3. The smallest absolute Gasteiger partial charge is 0.271 e. The monoisotopic (exact) mass is 372 g/mol. The average Bonchev–Trinajstić information content (AvgIpc) is 2.71. The molecule has 2 aromatic rings. The van der Waals surface area contributed by atoms with E-state index in [4.69, 9.17) is 18.9 Å². The third kappa shape index (κ3) is 5.64. The fourth-order valence-electron chi connectivity index (χ4n) is 2.27. The molecule has 2 rings (SSSR count). The van der Waals surface area contributed by atoms with Gasteiger partial charge in [0.25, 0.3) is 5.91 Å². The van der Waals surface area contributed by atoms with Gasteiger partial charge in [-0.3, -0.25) is 4.79 Å². The van der Waals surface area contributed by atoms with E-state index in [0.29, 0.717) is 35.2 Å². The topological polar surface area (TPSA) is 78.4 Å². The van der Waals surface area contributed by atoms with Gasteiger partial charge in [-0.15, -0.1) is 0 Å². The highest BCUT2D eigenvalue weighted by Gasteiger charge is 2.09. The van der Waals surface area contributed by atoms with Crippen LogP contribution in [0.2, 0.25) is 0 Å². The van der Waals surface area contributed by atoms with Crippen molar-refractivity contribution in [2.45, 2.75) is 13.3 Å². The Morgan fingerprint density at radius 1 is 1.00 bits per heavy atom. The van der Waals surface area contributed by atoms with Gasteiger partial charge in [-0.25, -0.2) is 5.43 Å². The molecule has 0 radical (unpaired) electrons. The summed E-state index contributed by atoms with van der Waals surface area (Å²) >= 11 is 0. The first-order chi connectivity index (χ1) is 13.1. The van der Waals surface area contributed by atoms with Crippen molar-refractivity contribution in [3.63, 3.8) is 0 Å². The fourth-order valence-corrected chi connectivity index (χ4v) is 2.27. The zero-order valence-electron chi connectivity index (χ0n) is 15.9. The van der Waals surface area contributed by atoms with Crippen molar-refractivity contribution in [2.75, 3.05) is 27.9 Å². The molecule has 0 aliphatic heterocycles. The maximum absolute atomic E-state index is 12.3. The van der Waals surface area contributed by atoms with Crippen molar-refractivity contribution in [3.05, 3.63) is 47.5 Å². The second-order valence-electron chi connectivity index (χ2n) is 5.56. The summed E-state index contributed by atoms with van der Waals surface area (Å²) in [6, 6.07) is 10.3. The van der Waals surface area contributed by atoms with Crippen LogP contribution in [0.5, 0.6) is 23.0 Å². The van der Waals surface area contributed by atoms with Gasteiger partial charge in [-0.05, 0) is 42.3 Å². The molecule has 0 aliphatic carbocycles. The minimum atomic E-state index is -0.376. The van der Waals surface area contributed by atoms with Crippen LogP contribution in [0.3, 0.4) is 0 Å². The van der Waals surface area contributed by atoms with Crippen molar-refractivity contribution >= 4 is 12.1 Å². The van der Waals surface area contributed by atoms with Crippen LogP contribution in [-0.4, -0.2) is 40.1 Å². The van der Waals surface area contributed by atoms with Crippen LogP contribution in [0.1, 0.15) is 29.3 Å². The number of hydrogen-bond donors (Lipinski definition) is 1. The van der Waals surface area contributed by atoms with E-state index in [9.17, 15) is 4.79 Å². The first-order valence-electron chi connectivity index (χ1n) is 8.48. The lowest BCUT2D eigenvalue weighted by Crippen LogP contribution is -2.17. The number of carbonyl (C=O) groups excluding carboxylic acids is 1. The van der Waals surface area contributed by atoms with E-state index in [0.717, 1.165) is 12.0 Å². The Kier molecular flexibility index (Phi) is 7.49. The first-order valence-corrected chi connectivity index (χ1v) is 8.48. The highest BCUT2D eigenvalue weighted by molar-refractivity contribution is 5.95. The molecule has 0 saturated heterocycles. The molecule has 1 amide bonds. The Labute approximate surface area is 158 Å². The third-order valence-electron chi connectivity index (χ3n) is 3.64. The molecule has 144 valence electrons. The lowest BCUT2D eigenvalue weighted by Gasteiger charge is -2.10. The van der Waals surface area contributed by atoms with Gasteiger partial charge < -0.3 is 18.9 Å². The van der Waals surface area contributed by atoms with Crippen LogP contribution < -0.4 is 24.4 Å². The molecular formula is C20H24N2O5.